The average molecular weight is 238 g/mol. The van der Waals surface area contributed by atoms with Crippen molar-refractivity contribution in [2.45, 2.75) is 38.2 Å². The molecule has 2 aliphatic rings. The number of hydrogen-bond acceptors (Lipinski definition) is 3. The summed E-state index contributed by atoms with van der Waals surface area (Å²) >= 11 is 0. The van der Waals surface area contributed by atoms with E-state index in [-0.39, 0.29) is 6.54 Å². The molecule has 1 heterocycles. The van der Waals surface area contributed by atoms with Gasteiger partial charge in [0.05, 0.1) is 12.6 Å². The van der Waals surface area contributed by atoms with Crippen LogP contribution in [0.3, 0.4) is 0 Å². The molecule has 5 heteroatoms. The van der Waals surface area contributed by atoms with Crippen LogP contribution in [0.25, 0.3) is 10.4 Å². The Balaban J connectivity index is 1.77. The van der Waals surface area contributed by atoms with E-state index in [1.54, 1.807) is 0 Å². The summed E-state index contributed by atoms with van der Waals surface area (Å²) in [5, 5.41) is 13.1. The van der Waals surface area contributed by atoms with Gasteiger partial charge in [-0.1, -0.05) is 24.4 Å². The van der Waals surface area contributed by atoms with E-state index in [0.717, 1.165) is 24.9 Å². The van der Waals surface area contributed by atoms with Crippen molar-refractivity contribution < 1.29 is 5.11 Å². The standard InChI is InChI=1S/C12H22N4O/c13-15-14-7-12(17)9-16-6-5-10-3-1-2-4-11(10)8-16/h10-12,17H,1-9H2/t10?,11?,12-/m0/s1. The molecular weight excluding hydrogens is 216 g/mol. The summed E-state index contributed by atoms with van der Waals surface area (Å²) < 4.78 is 0. The van der Waals surface area contributed by atoms with Gasteiger partial charge in [-0.05, 0) is 36.8 Å². The summed E-state index contributed by atoms with van der Waals surface area (Å²) in [4.78, 5) is 5.02. The molecule has 0 aromatic heterocycles. The summed E-state index contributed by atoms with van der Waals surface area (Å²) in [6.45, 7) is 3.07. The van der Waals surface area contributed by atoms with Gasteiger partial charge in [0.2, 0.25) is 0 Å². The van der Waals surface area contributed by atoms with Crippen LogP contribution < -0.4 is 0 Å². The maximum Gasteiger partial charge on any atom is 0.0723 e. The highest BCUT2D eigenvalue weighted by Gasteiger charge is 2.31. The highest BCUT2D eigenvalue weighted by molar-refractivity contribution is 4.84. The van der Waals surface area contributed by atoms with Crippen molar-refractivity contribution in [2.75, 3.05) is 26.2 Å². The monoisotopic (exact) mass is 238 g/mol. The molecular formula is C12H22N4O. The number of aliphatic hydroxyl groups excluding tert-OH is 1. The van der Waals surface area contributed by atoms with Crippen LogP contribution in [0, 0.1) is 11.8 Å². The zero-order valence-electron chi connectivity index (χ0n) is 10.3. The topological polar surface area (TPSA) is 72.2 Å². The molecule has 1 aliphatic carbocycles. The minimum atomic E-state index is -0.508. The number of likely N-dealkylation sites (tertiary alicyclic amines) is 1. The fraction of sp³-hybridized carbons (Fsp3) is 1.00. The number of aliphatic hydroxyl groups is 1. The van der Waals surface area contributed by atoms with E-state index in [2.05, 4.69) is 14.9 Å². The molecule has 1 saturated carbocycles. The van der Waals surface area contributed by atoms with Crippen LogP contribution in [0.2, 0.25) is 0 Å². The lowest BCUT2D eigenvalue weighted by Crippen LogP contribution is -2.45. The number of nitrogens with zero attached hydrogens (tertiary/aromatic N) is 4. The number of rotatable bonds is 4. The molecule has 1 N–H and O–H groups in total. The number of hydrogen-bond donors (Lipinski definition) is 1. The smallest absolute Gasteiger partial charge is 0.0723 e. The number of fused-ring (bicyclic) bond motifs is 1. The van der Waals surface area contributed by atoms with E-state index in [4.69, 9.17) is 5.53 Å². The summed E-state index contributed by atoms with van der Waals surface area (Å²) in [5.41, 5.74) is 8.21. The van der Waals surface area contributed by atoms with Crippen LogP contribution in [0.5, 0.6) is 0 Å². The van der Waals surface area contributed by atoms with Crippen LogP contribution in [0.15, 0.2) is 5.11 Å². The van der Waals surface area contributed by atoms with Gasteiger partial charge in [0.25, 0.3) is 0 Å². The van der Waals surface area contributed by atoms with Gasteiger partial charge in [0.15, 0.2) is 0 Å². The molecule has 0 radical (unpaired) electrons. The lowest BCUT2D eigenvalue weighted by Gasteiger charge is -2.41. The van der Waals surface area contributed by atoms with Crippen LogP contribution in [0.4, 0.5) is 0 Å². The Bertz CT molecular complexity index is 290. The minimum absolute atomic E-state index is 0.196. The predicted octanol–water partition coefficient (Wildman–Crippen LogP) is 2.17. The normalized spacial score (nSPS) is 31.4. The van der Waals surface area contributed by atoms with Crippen molar-refractivity contribution in [3.05, 3.63) is 10.4 Å². The number of β-amino-alcohol motifs (C(OH)–C–C–N with tert-alkyl or cyclic N) is 1. The van der Waals surface area contributed by atoms with E-state index in [1.807, 2.05) is 0 Å². The van der Waals surface area contributed by atoms with Crippen molar-refractivity contribution in [1.82, 2.24) is 4.90 Å². The van der Waals surface area contributed by atoms with Gasteiger partial charge >= 0.3 is 0 Å². The lowest BCUT2D eigenvalue weighted by atomic mass is 9.75. The Morgan fingerprint density at radius 2 is 2.06 bits per heavy atom. The molecule has 0 spiro atoms. The SMILES string of the molecule is [N-]=[N+]=NC[C@H](O)CN1CCC2CCCCC2C1. The second-order valence-electron chi connectivity index (χ2n) is 5.42. The molecule has 5 nitrogen and oxygen atoms in total. The molecule has 1 aliphatic heterocycles. The fourth-order valence-electron chi connectivity index (χ4n) is 3.33. The first-order valence-electron chi connectivity index (χ1n) is 6.71. The largest absolute Gasteiger partial charge is 0.392 e. The first-order chi connectivity index (χ1) is 8.29. The van der Waals surface area contributed by atoms with Gasteiger partial charge in [-0.15, -0.1) is 0 Å². The molecule has 2 fully saturated rings. The van der Waals surface area contributed by atoms with Gasteiger partial charge in [0.1, 0.15) is 0 Å². The molecule has 1 saturated heterocycles. The molecule has 0 aromatic rings. The average Bonchev–Trinajstić information content (AvgIpc) is 2.36. The second kappa shape index (κ2) is 6.24. The van der Waals surface area contributed by atoms with Crippen LogP contribution in [0.1, 0.15) is 32.1 Å². The summed E-state index contributed by atoms with van der Waals surface area (Å²) in [6.07, 6.45) is 6.30. The minimum Gasteiger partial charge on any atom is -0.392 e. The Morgan fingerprint density at radius 3 is 2.82 bits per heavy atom. The molecule has 2 unspecified atom stereocenters. The predicted molar refractivity (Wildman–Crippen MR) is 66.5 cm³/mol. The summed E-state index contributed by atoms with van der Waals surface area (Å²) in [5.74, 6) is 1.76. The Morgan fingerprint density at radius 1 is 1.29 bits per heavy atom. The third kappa shape index (κ3) is 3.60. The molecule has 0 amide bonds. The van der Waals surface area contributed by atoms with Gasteiger partial charge in [-0.25, -0.2) is 0 Å². The van der Waals surface area contributed by atoms with E-state index >= 15 is 0 Å². The Hall–Kier alpha value is -0.770. The van der Waals surface area contributed by atoms with Gasteiger partial charge in [0, 0.05) is 18.0 Å². The third-order valence-corrected chi connectivity index (χ3v) is 4.20. The van der Waals surface area contributed by atoms with Gasteiger partial charge < -0.3 is 10.0 Å². The highest BCUT2D eigenvalue weighted by Crippen LogP contribution is 2.35. The maximum absolute atomic E-state index is 9.72. The van der Waals surface area contributed by atoms with Crippen molar-refractivity contribution in [3.8, 4) is 0 Å². The molecule has 17 heavy (non-hydrogen) atoms. The zero-order chi connectivity index (χ0) is 12.1. The fourth-order valence-corrected chi connectivity index (χ4v) is 3.33. The lowest BCUT2D eigenvalue weighted by molar-refractivity contribution is 0.0491. The van der Waals surface area contributed by atoms with E-state index in [0.29, 0.717) is 6.54 Å². The quantitative estimate of drug-likeness (QED) is 0.463. The molecule has 0 bridgehead atoms. The zero-order valence-corrected chi connectivity index (χ0v) is 10.3. The Labute approximate surface area is 102 Å². The molecule has 3 atom stereocenters. The Kier molecular flexibility index (Phi) is 4.66. The third-order valence-electron chi connectivity index (χ3n) is 4.20. The highest BCUT2D eigenvalue weighted by atomic mass is 16.3. The summed E-state index contributed by atoms with van der Waals surface area (Å²) in [6, 6.07) is 0. The van der Waals surface area contributed by atoms with E-state index in [9.17, 15) is 5.11 Å². The number of piperidine rings is 1. The first-order valence-corrected chi connectivity index (χ1v) is 6.71. The van der Waals surface area contributed by atoms with Crippen molar-refractivity contribution in [3.63, 3.8) is 0 Å². The van der Waals surface area contributed by atoms with E-state index < -0.39 is 6.10 Å². The van der Waals surface area contributed by atoms with Crippen molar-refractivity contribution in [2.24, 2.45) is 17.0 Å². The molecule has 0 aromatic carbocycles. The summed E-state index contributed by atoms with van der Waals surface area (Å²) in [7, 11) is 0. The van der Waals surface area contributed by atoms with Crippen LogP contribution in [-0.2, 0) is 0 Å². The second-order valence-corrected chi connectivity index (χ2v) is 5.42. The van der Waals surface area contributed by atoms with Crippen LogP contribution >= 0.6 is 0 Å². The van der Waals surface area contributed by atoms with Crippen molar-refractivity contribution >= 4 is 0 Å². The molecule has 96 valence electrons. The maximum atomic E-state index is 9.72. The number of azide groups is 1. The van der Waals surface area contributed by atoms with Gasteiger partial charge in [-0.3, -0.25) is 0 Å². The van der Waals surface area contributed by atoms with E-state index in [1.165, 1.54) is 32.1 Å². The van der Waals surface area contributed by atoms with Gasteiger partial charge in [-0.2, -0.15) is 0 Å². The van der Waals surface area contributed by atoms with Crippen molar-refractivity contribution in [1.29, 1.82) is 0 Å². The molecule has 2 rings (SSSR count). The van der Waals surface area contributed by atoms with Crippen LogP contribution in [-0.4, -0.2) is 42.3 Å². The first kappa shape index (κ1) is 12.7.